The fourth-order valence-electron chi connectivity index (χ4n) is 2.49. The van der Waals surface area contributed by atoms with Crippen LogP contribution in [0.25, 0.3) is 0 Å². The van der Waals surface area contributed by atoms with Gasteiger partial charge in [0.2, 0.25) is 0 Å². The number of halogens is 2. The van der Waals surface area contributed by atoms with E-state index in [1.54, 1.807) is 0 Å². The number of thiocarbonyl (C=S) groups is 1. The molecule has 0 aliphatic heterocycles. The van der Waals surface area contributed by atoms with Gasteiger partial charge in [0.1, 0.15) is 4.99 Å². The predicted octanol–water partition coefficient (Wildman–Crippen LogP) is 3.73. The Labute approximate surface area is 117 Å². The molecule has 0 radical (unpaired) electrons. The maximum atomic E-state index is 13.9. The van der Waals surface area contributed by atoms with Crippen LogP contribution in [0.1, 0.15) is 44.1 Å². The van der Waals surface area contributed by atoms with Crippen LogP contribution in [0.2, 0.25) is 0 Å². The molecule has 3 N–H and O–H groups in total. The molecule has 1 aliphatic carbocycles. The van der Waals surface area contributed by atoms with Crippen molar-refractivity contribution < 1.29 is 8.78 Å². The molecule has 0 atom stereocenters. The normalized spacial score (nSPS) is 16.9. The van der Waals surface area contributed by atoms with Crippen molar-refractivity contribution in [3.8, 4) is 0 Å². The summed E-state index contributed by atoms with van der Waals surface area (Å²) in [5.74, 6) is -1.86. The van der Waals surface area contributed by atoms with Crippen LogP contribution >= 0.6 is 12.2 Å². The van der Waals surface area contributed by atoms with Gasteiger partial charge in [0.15, 0.2) is 11.6 Å². The molecule has 0 spiro atoms. The molecule has 0 unspecified atom stereocenters. The summed E-state index contributed by atoms with van der Waals surface area (Å²) in [6.07, 6.45) is 6.69. The zero-order valence-corrected chi connectivity index (χ0v) is 11.5. The molecule has 1 fully saturated rings. The van der Waals surface area contributed by atoms with Gasteiger partial charge in [-0.3, -0.25) is 0 Å². The van der Waals surface area contributed by atoms with E-state index in [0.717, 1.165) is 25.7 Å². The van der Waals surface area contributed by atoms with E-state index < -0.39 is 11.6 Å². The summed E-state index contributed by atoms with van der Waals surface area (Å²) in [5.41, 5.74) is 5.50. The quantitative estimate of drug-likeness (QED) is 0.656. The molecule has 0 amide bonds. The molecule has 2 rings (SSSR count). The monoisotopic (exact) mass is 284 g/mol. The number of nitrogens with two attached hydrogens (primary N) is 1. The highest BCUT2D eigenvalue weighted by molar-refractivity contribution is 7.80. The van der Waals surface area contributed by atoms with Gasteiger partial charge in [0.25, 0.3) is 0 Å². The van der Waals surface area contributed by atoms with E-state index >= 15 is 0 Å². The highest BCUT2D eigenvalue weighted by Crippen LogP contribution is 2.25. The van der Waals surface area contributed by atoms with Crippen LogP contribution in [0.5, 0.6) is 0 Å². The first kappa shape index (κ1) is 14.2. The van der Waals surface area contributed by atoms with Gasteiger partial charge in [-0.05, 0) is 25.0 Å². The van der Waals surface area contributed by atoms with E-state index in [1.807, 2.05) is 0 Å². The van der Waals surface area contributed by atoms with Gasteiger partial charge in [-0.1, -0.05) is 37.9 Å². The van der Waals surface area contributed by atoms with Crippen molar-refractivity contribution in [1.82, 2.24) is 0 Å². The smallest absolute Gasteiger partial charge is 0.182 e. The molecular formula is C14H18F2N2S. The number of nitrogens with one attached hydrogen (secondary N) is 1. The van der Waals surface area contributed by atoms with Crippen molar-refractivity contribution in [3.05, 3.63) is 29.3 Å². The Balaban J connectivity index is 2.16. The lowest BCUT2D eigenvalue weighted by molar-refractivity contribution is 0.506. The van der Waals surface area contributed by atoms with Crippen LogP contribution in [-0.4, -0.2) is 11.0 Å². The third kappa shape index (κ3) is 3.41. The van der Waals surface area contributed by atoms with Crippen LogP contribution in [0, 0.1) is 11.6 Å². The minimum atomic E-state index is -0.967. The minimum Gasteiger partial charge on any atom is -0.389 e. The molecule has 1 aromatic carbocycles. The molecule has 0 bridgehead atoms. The average Bonchev–Trinajstić information content (AvgIpc) is 2.63. The number of benzene rings is 1. The summed E-state index contributed by atoms with van der Waals surface area (Å²) in [4.78, 5) is -0.127. The van der Waals surface area contributed by atoms with Gasteiger partial charge in [-0.15, -0.1) is 0 Å². The maximum absolute atomic E-state index is 13.9. The van der Waals surface area contributed by atoms with E-state index in [4.69, 9.17) is 5.73 Å². The lowest BCUT2D eigenvalue weighted by atomic mass is 10.1. The Bertz CT molecular complexity index is 469. The van der Waals surface area contributed by atoms with E-state index in [0.29, 0.717) is 0 Å². The Kier molecular flexibility index (Phi) is 4.69. The summed E-state index contributed by atoms with van der Waals surface area (Å²) in [7, 11) is 0. The van der Waals surface area contributed by atoms with Gasteiger partial charge in [0, 0.05) is 11.6 Å². The lowest BCUT2D eigenvalue weighted by Crippen LogP contribution is -2.20. The third-order valence-electron chi connectivity index (χ3n) is 3.56. The Hall–Kier alpha value is -1.23. The summed E-state index contributed by atoms with van der Waals surface area (Å²) in [6.45, 7) is 0. The van der Waals surface area contributed by atoms with Crippen molar-refractivity contribution in [3.63, 3.8) is 0 Å². The standard InChI is InChI=1S/C14H18F2N2S/c15-12-10(14(17)19)7-8-11(13(12)16)18-9-5-3-1-2-4-6-9/h7-9,18H,1-6H2,(H2,17,19). The van der Waals surface area contributed by atoms with Crippen molar-refractivity contribution >= 4 is 22.9 Å². The van der Waals surface area contributed by atoms with E-state index in [-0.39, 0.29) is 22.3 Å². The average molecular weight is 284 g/mol. The Morgan fingerprint density at radius 2 is 1.74 bits per heavy atom. The zero-order chi connectivity index (χ0) is 13.8. The van der Waals surface area contributed by atoms with Gasteiger partial charge in [-0.2, -0.15) is 0 Å². The van der Waals surface area contributed by atoms with Crippen molar-refractivity contribution in [2.24, 2.45) is 5.73 Å². The van der Waals surface area contributed by atoms with E-state index in [9.17, 15) is 8.78 Å². The summed E-state index contributed by atoms with van der Waals surface area (Å²) in [5, 5.41) is 3.10. The molecule has 0 heterocycles. The number of hydrogen-bond acceptors (Lipinski definition) is 2. The number of hydrogen-bond donors (Lipinski definition) is 2. The van der Waals surface area contributed by atoms with Crippen LogP contribution in [0.4, 0.5) is 14.5 Å². The maximum Gasteiger partial charge on any atom is 0.182 e. The highest BCUT2D eigenvalue weighted by Gasteiger charge is 2.18. The SMILES string of the molecule is NC(=S)c1ccc(NC2CCCCCC2)c(F)c1F. The molecule has 104 valence electrons. The highest BCUT2D eigenvalue weighted by atomic mass is 32.1. The summed E-state index contributed by atoms with van der Waals surface area (Å²) in [6, 6.07) is 3.16. The number of anilines is 1. The van der Waals surface area contributed by atoms with Gasteiger partial charge >= 0.3 is 0 Å². The van der Waals surface area contributed by atoms with Crippen LogP contribution < -0.4 is 11.1 Å². The molecule has 1 saturated carbocycles. The van der Waals surface area contributed by atoms with Gasteiger partial charge in [0.05, 0.1) is 5.69 Å². The second-order valence-corrected chi connectivity index (χ2v) is 5.43. The molecule has 0 saturated heterocycles. The molecule has 19 heavy (non-hydrogen) atoms. The molecule has 2 nitrogen and oxygen atoms in total. The largest absolute Gasteiger partial charge is 0.389 e. The Morgan fingerprint density at radius 3 is 2.32 bits per heavy atom. The molecule has 1 aliphatic rings. The van der Waals surface area contributed by atoms with Crippen LogP contribution in [-0.2, 0) is 0 Å². The van der Waals surface area contributed by atoms with Crippen molar-refractivity contribution in [2.75, 3.05) is 5.32 Å². The molecule has 1 aromatic rings. The van der Waals surface area contributed by atoms with Crippen molar-refractivity contribution in [1.29, 1.82) is 0 Å². The fourth-order valence-corrected chi connectivity index (χ4v) is 2.65. The van der Waals surface area contributed by atoms with Crippen molar-refractivity contribution in [2.45, 2.75) is 44.6 Å². The lowest BCUT2D eigenvalue weighted by Gasteiger charge is -2.18. The molecule has 0 aromatic heterocycles. The number of rotatable bonds is 3. The first-order valence-corrected chi connectivity index (χ1v) is 7.04. The zero-order valence-electron chi connectivity index (χ0n) is 10.7. The topological polar surface area (TPSA) is 38.0 Å². The first-order valence-electron chi connectivity index (χ1n) is 6.64. The van der Waals surface area contributed by atoms with Crippen LogP contribution in [0.15, 0.2) is 12.1 Å². The summed E-state index contributed by atoms with van der Waals surface area (Å²) >= 11 is 4.68. The van der Waals surface area contributed by atoms with Crippen LogP contribution in [0.3, 0.4) is 0 Å². The second-order valence-electron chi connectivity index (χ2n) is 4.99. The fraction of sp³-hybridized carbons (Fsp3) is 0.500. The van der Waals surface area contributed by atoms with E-state index in [1.165, 1.54) is 25.0 Å². The van der Waals surface area contributed by atoms with Gasteiger partial charge < -0.3 is 11.1 Å². The molecule has 5 heteroatoms. The first-order chi connectivity index (χ1) is 9.09. The second kappa shape index (κ2) is 6.28. The third-order valence-corrected chi connectivity index (χ3v) is 3.78. The summed E-state index contributed by atoms with van der Waals surface area (Å²) < 4.78 is 27.7. The van der Waals surface area contributed by atoms with E-state index in [2.05, 4.69) is 17.5 Å². The molecular weight excluding hydrogens is 266 g/mol. The minimum absolute atomic E-state index is 0.0427. The predicted molar refractivity (Wildman–Crippen MR) is 77.4 cm³/mol. The Morgan fingerprint density at radius 1 is 1.11 bits per heavy atom. The van der Waals surface area contributed by atoms with Gasteiger partial charge in [-0.25, -0.2) is 8.78 Å².